The fourth-order valence-corrected chi connectivity index (χ4v) is 4.71. The van der Waals surface area contributed by atoms with Gasteiger partial charge in [-0.15, -0.1) is 0 Å². The van der Waals surface area contributed by atoms with Gasteiger partial charge in [0.05, 0.1) is 0 Å². The van der Waals surface area contributed by atoms with Crippen LogP contribution in [-0.4, -0.2) is 5.11 Å². The highest BCUT2D eigenvalue weighted by Gasteiger charge is 2.17. The van der Waals surface area contributed by atoms with E-state index in [4.69, 9.17) is 0 Å². The molecule has 0 atom stereocenters. The maximum atomic E-state index is 10.8. The molecule has 0 fully saturated rings. The zero-order valence-corrected chi connectivity index (χ0v) is 19.2. The Kier molecular flexibility index (Phi) is 6.54. The summed E-state index contributed by atoms with van der Waals surface area (Å²) in [5, 5.41) is 10.8. The van der Waals surface area contributed by atoms with Gasteiger partial charge in [0, 0.05) is 5.56 Å². The number of phenols is 1. The Bertz CT molecular complexity index is 1290. The second-order valence-electron chi connectivity index (χ2n) is 8.79. The van der Waals surface area contributed by atoms with Crippen LogP contribution in [0.15, 0.2) is 127 Å². The van der Waals surface area contributed by atoms with E-state index in [1.165, 1.54) is 33.4 Å². The molecule has 0 saturated heterocycles. The highest BCUT2D eigenvalue weighted by Crippen LogP contribution is 2.37. The van der Waals surface area contributed by atoms with Gasteiger partial charge in [0.15, 0.2) is 0 Å². The van der Waals surface area contributed by atoms with Crippen molar-refractivity contribution in [3.8, 4) is 16.9 Å². The van der Waals surface area contributed by atoms with E-state index in [2.05, 4.69) is 103 Å². The fourth-order valence-electron chi connectivity index (χ4n) is 4.71. The highest BCUT2D eigenvalue weighted by molar-refractivity contribution is 5.77. The molecule has 1 N–H and O–H groups in total. The Balaban J connectivity index is 1.69. The summed E-state index contributed by atoms with van der Waals surface area (Å²) in [5.74, 6) is 0.321. The standard InChI is InChI=1S/C33H28O/c34-32-19-11-10-18-31(32)33-29(21-26-14-6-2-7-15-26)23-28(20-25-12-4-1-5-13-25)24-30(33)22-27-16-8-3-9-17-27/h1-19,23-24,34H,20-22H2. The lowest BCUT2D eigenvalue weighted by Gasteiger charge is -2.19. The first-order valence-corrected chi connectivity index (χ1v) is 11.8. The van der Waals surface area contributed by atoms with Crippen LogP contribution in [0.3, 0.4) is 0 Å². The van der Waals surface area contributed by atoms with Gasteiger partial charge in [-0.25, -0.2) is 0 Å². The van der Waals surface area contributed by atoms with E-state index >= 15 is 0 Å². The predicted octanol–water partition coefficient (Wildman–Crippen LogP) is 7.83. The molecule has 0 aliphatic heterocycles. The van der Waals surface area contributed by atoms with E-state index in [1.807, 2.05) is 18.2 Å². The molecule has 34 heavy (non-hydrogen) atoms. The third-order valence-electron chi connectivity index (χ3n) is 6.26. The van der Waals surface area contributed by atoms with Gasteiger partial charge < -0.3 is 5.11 Å². The van der Waals surface area contributed by atoms with Gasteiger partial charge in [-0.3, -0.25) is 0 Å². The summed E-state index contributed by atoms with van der Waals surface area (Å²) in [6, 6.07) is 44.2. The molecule has 1 heteroatoms. The molecule has 0 amide bonds. The molecule has 0 aliphatic rings. The van der Waals surface area contributed by atoms with Crippen molar-refractivity contribution in [3.05, 3.63) is 161 Å². The van der Waals surface area contributed by atoms with E-state index in [9.17, 15) is 5.11 Å². The third kappa shape index (κ3) is 5.10. The predicted molar refractivity (Wildman–Crippen MR) is 141 cm³/mol. The van der Waals surface area contributed by atoms with Crippen molar-refractivity contribution in [1.29, 1.82) is 0 Å². The van der Waals surface area contributed by atoms with Crippen LogP contribution in [0.4, 0.5) is 0 Å². The van der Waals surface area contributed by atoms with E-state index in [0.29, 0.717) is 5.75 Å². The zero-order valence-electron chi connectivity index (χ0n) is 19.2. The summed E-state index contributed by atoms with van der Waals surface area (Å²) < 4.78 is 0. The normalized spacial score (nSPS) is 10.8. The minimum absolute atomic E-state index is 0.321. The first-order chi connectivity index (χ1) is 16.8. The molecule has 0 radical (unpaired) electrons. The van der Waals surface area contributed by atoms with Crippen molar-refractivity contribution in [3.63, 3.8) is 0 Å². The summed E-state index contributed by atoms with van der Waals surface area (Å²) in [7, 11) is 0. The summed E-state index contributed by atoms with van der Waals surface area (Å²) in [5.41, 5.74) is 9.65. The Morgan fingerprint density at radius 3 is 1.29 bits per heavy atom. The molecule has 1 nitrogen and oxygen atoms in total. The van der Waals surface area contributed by atoms with Crippen LogP contribution >= 0.6 is 0 Å². The molecule has 5 aromatic rings. The van der Waals surface area contributed by atoms with Crippen molar-refractivity contribution >= 4 is 0 Å². The van der Waals surface area contributed by atoms with Crippen molar-refractivity contribution < 1.29 is 5.11 Å². The molecule has 0 heterocycles. The lowest BCUT2D eigenvalue weighted by atomic mass is 9.85. The Morgan fingerprint density at radius 2 is 0.824 bits per heavy atom. The molecule has 0 aromatic heterocycles. The molecule has 0 spiro atoms. The first-order valence-electron chi connectivity index (χ1n) is 11.8. The van der Waals surface area contributed by atoms with Crippen molar-refractivity contribution in [2.24, 2.45) is 0 Å². The maximum Gasteiger partial charge on any atom is 0.123 e. The van der Waals surface area contributed by atoms with Crippen LogP contribution in [0, 0.1) is 0 Å². The number of para-hydroxylation sites is 1. The van der Waals surface area contributed by atoms with Crippen LogP contribution in [-0.2, 0) is 19.3 Å². The molecule has 0 unspecified atom stereocenters. The van der Waals surface area contributed by atoms with Gasteiger partial charge in [0.2, 0.25) is 0 Å². The number of hydrogen-bond acceptors (Lipinski definition) is 1. The average Bonchev–Trinajstić information content (AvgIpc) is 2.87. The number of hydrogen-bond donors (Lipinski definition) is 1. The van der Waals surface area contributed by atoms with Crippen LogP contribution in [0.5, 0.6) is 5.75 Å². The van der Waals surface area contributed by atoms with Crippen LogP contribution in [0.1, 0.15) is 33.4 Å². The quantitative estimate of drug-likeness (QED) is 0.273. The molecule has 5 rings (SSSR count). The lowest BCUT2D eigenvalue weighted by Crippen LogP contribution is -2.02. The van der Waals surface area contributed by atoms with Gasteiger partial charge in [-0.05, 0) is 64.3 Å². The monoisotopic (exact) mass is 440 g/mol. The van der Waals surface area contributed by atoms with Gasteiger partial charge in [-0.1, -0.05) is 121 Å². The van der Waals surface area contributed by atoms with E-state index < -0.39 is 0 Å². The smallest absolute Gasteiger partial charge is 0.123 e. The number of rotatable bonds is 7. The minimum atomic E-state index is 0.321. The summed E-state index contributed by atoms with van der Waals surface area (Å²) >= 11 is 0. The molecule has 166 valence electrons. The maximum absolute atomic E-state index is 10.8. The van der Waals surface area contributed by atoms with Crippen LogP contribution in [0.2, 0.25) is 0 Å². The summed E-state index contributed by atoms with van der Waals surface area (Å²) in [6.07, 6.45) is 2.51. The summed E-state index contributed by atoms with van der Waals surface area (Å²) in [6.45, 7) is 0. The van der Waals surface area contributed by atoms with Crippen LogP contribution in [0.25, 0.3) is 11.1 Å². The fraction of sp³-hybridized carbons (Fsp3) is 0.0909. The second kappa shape index (κ2) is 10.2. The van der Waals surface area contributed by atoms with E-state index in [1.54, 1.807) is 6.07 Å². The zero-order chi connectivity index (χ0) is 23.2. The Labute approximate surface area is 202 Å². The Morgan fingerprint density at radius 1 is 0.412 bits per heavy atom. The number of aromatic hydroxyl groups is 1. The van der Waals surface area contributed by atoms with E-state index in [-0.39, 0.29) is 0 Å². The SMILES string of the molecule is Oc1ccccc1-c1c(Cc2ccccc2)cc(Cc2ccccc2)cc1Cc1ccccc1. The largest absolute Gasteiger partial charge is 0.507 e. The lowest BCUT2D eigenvalue weighted by molar-refractivity contribution is 0.477. The summed E-state index contributed by atoms with van der Waals surface area (Å²) in [4.78, 5) is 0. The van der Waals surface area contributed by atoms with Gasteiger partial charge in [0.25, 0.3) is 0 Å². The topological polar surface area (TPSA) is 20.2 Å². The Hall–Kier alpha value is -4.10. The number of phenolic OH excluding ortho intramolecular Hbond substituents is 1. The van der Waals surface area contributed by atoms with Gasteiger partial charge in [-0.2, -0.15) is 0 Å². The van der Waals surface area contributed by atoms with Crippen LogP contribution < -0.4 is 0 Å². The highest BCUT2D eigenvalue weighted by atomic mass is 16.3. The second-order valence-corrected chi connectivity index (χ2v) is 8.79. The van der Waals surface area contributed by atoms with Gasteiger partial charge in [0.1, 0.15) is 5.75 Å². The molecule has 0 aliphatic carbocycles. The molecule has 0 saturated carbocycles. The average molecular weight is 441 g/mol. The van der Waals surface area contributed by atoms with E-state index in [0.717, 1.165) is 30.4 Å². The van der Waals surface area contributed by atoms with Crippen molar-refractivity contribution in [1.82, 2.24) is 0 Å². The first kappa shape index (κ1) is 21.7. The van der Waals surface area contributed by atoms with Gasteiger partial charge >= 0.3 is 0 Å². The molecular weight excluding hydrogens is 412 g/mol. The number of benzene rings is 5. The molecular formula is C33H28O. The molecule has 5 aromatic carbocycles. The third-order valence-corrected chi connectivity index (χ3v) is 6.26. The minimum Gasteiger partial charge on any atom is -0.507 e. The van der Waals surface area contributed by atoms with Crippen molar-refractivity contribution in [2.75, 3.05) is 0 Å². The van der Waals surface area contributed by atoms with Crippen molar-refractivity contribution in [2.45, 2.75) is 19.3 Å². The molecule has 0 bridgehead atoms.